The Morgan fingerprint density at radius 3 is 2.60 bits per heavy atom. The van der Waals surface area contributed by atoms with Gasteiger partial charge in [-0.15, -0.1) is 0 Å². The van der Waals surface area contributed by atoms with Crippen molar-refractivity contribution in [1.82, 2.24) is 0 Å². The van der Waals surface area contributed by atoms with E-state index in [1.807, 2.05) is 6.07 Å². The molecular formula is C15H12BrClF2O. The van der Waals surface area contributed by atoms with Crippen molar-refractivity contribution in [2.75, 3.05) is 6.61 Å². The minimum absolute atomic E-state index is 0.0509. The van der Waals surface area contributed by atoms with Crippen LogP contribution in [0.5, 0.6) is 5.75 Å². The van der Waals surface area contributed by atoms with E-state index in [0.29, 0.717) is 17.0 Å². The van der Waals surface area contributed by atoms with Gasteiger partial charge in [-0.3, -0.25) is 0 Å². The Balaban J connectivity index is 2.27. The zero-order valence-corrected chi connectivity index (χ0v) is 12.8. The molecule has 0 aliphatic rings. The van der Waals surface area contributed by atoms with Crippen LogP contribution in [0.2, 0.25) is 5.02 Å². The predicted molar refractivity (Wildman–Crippen MR) is 79.5 cm³/mol. The van der Waals surface area contributed by atoms with Crippen LogP contribution in [0.15, 0.2) is 34.8 Å². The summed E-state index contributed by atoms with van der Waals surface area (Å²) < 4.78 is 40.4. The van der Waals surface area contributed by atoms with E-state index in [4.69, 9.17) is 17.7 Å². The normalized spacial score (nSPS) is 11.3. The number of hydrogen-bond donors (Lipinski definition) is 0. The van der Waals surface area contributed by atoms with Crippen LogP contribution in [-0.2, 0) is 6.42 Å². The molecule has 1 nitrogen and oxygen atoms in total. The van der Waals surface area contributed by atoms with Gasteiger partial charge in [-0.2, -0.15) is 0 Å². The van der Waals surface area contributed by atoms with E-state index in [2.05, 4.69) is 15.9 Å². The van der Waals surface area contributed by atoms with E-state index >= 15 is 0 Å². The van der Waals surface area contributed by atoms with E-state index < -0.39 is 17.4 Å². The number of hydrogen-bond acceptors (Lipinski definition) is 1. The number of benzene rings is 2. The number of rotatable bonds is 4. The molecule has 106 valence electrons. The van der Waals surface area contributed by atoms with Gasteiger partial charge in [0.2, 0.25) is 0 Å². The maximum Gasteiger partial charge on any atom is 0.190 e. The maximum atomic E-state index is 13.8. The minimum atomic E-state index is -0.774. The van der Waals surface area contributed by atoms with Crippen LogP contribution in [0.1, 0.15) is 19.4 Å². The topological polar surface area (TPSA) is 9.23 Å². The molecule has 0 unspecified atom stereocenters. The van der Waals surface area contributed by atoms with Gasteiger partial charge >= 0.3 is 0 Å². The minimum Gasteiger partial charge on any atom is -0.488 e. The molecule has 5 heteroatoms. The van der Waals surface area contributed by atoms with Crippen molar-refractivity contribution in [3.63, 3.8) is 0 Å². The van der Waals surface area contributed by atoms with Crippen molar-refractivity contribution in [1.29, 1.82) is 0 Å². The third kappa shape index (κ3) is 3.49. The van der Waals surface area contributed by atoms with Gasteiger partial charge in [0.15, 0.2) is 17.4 Å². The third-order valence-corrected chi connectivity index (χ3v) is 3.57. The molecule has 0 aliphatic heterocycles. The van der Waals surface area contributed by atoms with Gasteiger partial charge in [-0.1, -0.05) is 27.5 Å². The van der Waals surface area contributed by atoms with Crippen molar-refractivity contribution >= 4 is 27.5 Å². The first-order valence-corrected chi connectivity index (χ1v) is 7.02. The lowest BCUT2D eigenvalue weighted by molar-refractivity contribution is 0.302. The molecule has 20 heavy (non-hydrogen) atoms. The molecular weight excluding hydrogens is 350 g/mol. The highest BCUT2D eigenvalue weighted by atomic mass is 79.9. The van der Waals surface area contributed by atoms with Crippen molar-refractivity contribution in [2.24, 2.45) is 0 Å². The van der Waals surface area contributed by atoms with Crippen molar-refractivity contribution in [3.8, 4) is 5.75 Å². The van der Waals surface area contributed by atoms with Gasteiger partial charge in [-0.25, -0.2) is 8.78 Å². The van der Waals surface area contributed by atoms with Crippen LogP contribution in [-0.4, -0.2) is 6.61 Å². The molecule has 0 amide bonds. The van der Waals surface area contributed by atoms with Gasteiger partial charge in [0.1, 0.15) is 0 Å². The molecule has 0 aromatic heterocycles. The van der Waals surface area contributed by atoms with Crippen LogP contribution in [0.3, 0.4) is 0 Å². The highest BCUT2D eigenvalue weighted by Crippen LogP contribution is 2.27. The Bertz CT molecular complexity index is 629. The highest BCUT2D eigenvalue weighted by Gasteiger charge is 2.13. The smallest absolute Gasteiger partial charge is 0.190 e. The molecule has 0 saturated heterocycles. The van der Waals surface area contributed by atoms with Gasteiger partial charge in [0, 0.05) is 10.9 Å². The Morgan fingerprint density at radius 1 is 1.25 bits per heavy atom. The first-order valence-electron chi connectivity index (χ1n) is 6.56. The molecule has 0 heterocycles. The molecule has 2 aromatic carbocycles. The van der Waals surface area contributed by atoms with E-state index in [0.717, 1.165) is 10.0 Å². The summed E-state index contributed by atoms with van der Waals surface area (Å²) in [4.78, 5) is 0. The summed E-state index contributed by atoms with van der Waals surface area (Å²) in [5, 5.41) is 0.536. The second kappa shape index (κ2) is 6.55. The summed E-state index contributed by atoms with van der Waals surface area (Å²) in [5.74, 6) is -1.99. The van der Waals surface area contributed by atoms with Crippen LogP contribution < -0.4 is 4.74 Å². The average molecular weight is 363 g/mol. The SMILES string of the molecule is [2H]CCOc1c(F)cc(Cc2cc(Br)ccc2Cl)cc1F. The molecule has 0 radical (unpaired) electrons. The summed E-state index contributed by atoms with van der Waals surface area (Å²) in [6.07, 6.45) is 0.310. The second-order valence-corrected chi connectivity index (χ2v) is 5.47. The quantitative estimate of drug-likeness (QED) is 0.710. The lowest BCUT2D eigenvalue weighted by Crippen LogP contribution is -2.00. The molecule has 2 rings (SSSR count). The van der Waals surface area contributed by atoms with E-state index in [1.165, 1.54) is 12.1 Å². The molecule has 0 aliphatic carbocycles. The first-order chi connectivity index (χ1) is 10.0. The van der Waals surface area contributed by atoms with Crippen LogP contribution in [0, 0.1) is 11.6 Å². The number of ether oxygens (including phenoxy) is 1. The molecule has 0 N–H and O–H groups in total. The first kappa shape index (κ1) is 13.8. The van der Waals surface area contributed by atoms with Gasteiger partial charge in [-0.05, 0) is 54.8 Å². The lowest BCUT2D eigenvalue weighted by atomic mass is 10.0. The lowest BCUT2D eigenvalue weighted by Gasteiger charge is -2.10. The summed E-state index contributed by atoms with van der Waals surface area (Å²) in [7, 11) is 0. The zero-order valence-electron chi connectivity index (χ0n) is 11.4. The fourth-order valence-corrected chi connectivity index (χ4v) is 2.45. The summed E-state index contributed by atoms with van der Waals surface area (Å²) in [6, 6.07) is 7.77. The van der Waals surface area contributed by atoms with Crippen LogP contribution in [0.4, 0.5) is 8.78 Å². The van der Waals surface area contributed by atoms with E-state index in [1.54, 1.807) is 12.1 Å². The fourth-order valence-electron chi connectivity index (χ4n) is 1.85. The van der Waals surface area contributed by atoms with E-state index in [9.17, 15) is 8.78 Å². The fraction of sp³-hybridized carbons (Fsp3) is 0.200. The third-order valence-electron chi connectivity index (χ3n) is 2.71. The number of halogens is 4. The summed E-state index contributed by atoms with van der Waals surface area (Å²) >= 11 is 9.41. The van der Waals surface area contributed by atoms with Gasteiger partial charge in [0.25, 0.3) is 0 Å². The Labute approximate surface area is 131 Å². The van der Waals surface area contributed by atoms with E-state index in [-0.39, 0.29) is 13.5 Å². The van der Waals surface area contributed by atoms with Crippen molar-refractivity contribution in [3.05, 3.63) is 62.6 Å². The molecule has 2 aromatic rings. The van der Waals surface area contributed by atoms with Crippen molar-refractivity contribution in [2.45, 2.75) is 13.3 Å². The molecule has 0 bridgehead atoms. The maximum absolute atomic E-state index is 13.8. The molecule has 0 spiro atoms. The predicted octanol–water partition coefficient (Wildman–Crippen LogP) is 5.37. The molecule has 0 saturated carbocycles. The zero-order chi connectivity index (χ0) is 15.4. The van der Waals surface area contributed by atoms with Gasteiger partial charge < -0.3 is 4.74 Å². The van der Waals surface area contributed by atoms with Crippen LogP contribution in [0.25, 0.3) is 0 Å². The van der Waals surface area contributed by atoms with Crippen molar-refractivity contribution < 1.29 is 14.9 Å². The standard InChI is InChI=1S/C15H12BrClF2O/c1-2-20-15-13(18)6-9(7-14(15)19)5-10-8-11(16)3-4-12(10)17/h3-4,6-8H,2,5H2,1H3/i1D. The Kier molecular flexibility index (Phi) is 4.53. The average Bonchev–Trinajstić information content (AvgIpc) is 2.42. The highest BCUT2D eigenvalue weighted by molar-refractivity contribution is 9.10. The van der Waals surface area contributed by atoms with Crippen LogP contribution >= 0.6 is 27.5 Å². The Hall–Kier alpha value is -1.13. The monoisotopic (exact) mass is 361 g/mol. The summed E-state index contributed by atoms with van der Waals surface area (Å²) in [6.45, 7) is -0.112. The summed E-state index contributed by atoms with van der Waals surface area (Å²) in [5.41, 5.74) is 1.23. The Morgan fingerprint density at radius 2 is 1.95 bits per heavy atom. The molecule has 0 atom stereocenters. The second-order valence-electron chi connectivity index (χ2n) is 4.15. The van der Waals surface area contributed by atoms with Gasteiger partial charge in [0.05, 0.1) is 6.61 Å². The molecule has 0 fully saturated rings. The largest absolute Gasteiger partial charge is 0.488 e.